The van der Waals surface area contributed by atoms with Crippen molar-refractivity contribution < 1.29 is 31.5 Å². The van der Waals surface area contributed by atoms with Crippen LogP contribution in [0.1, 0.15) is 12.0 Å². The van der Waals surface area contributed by atoms with Crippen LogP contribution in [0, 0.1) is 0 Å². The second-order valence-corrected chi connectivity index (χ2v) is 5.84. The highest BCUT2D eigenvalue weighted by Gasteiger charge is 2.42. The van der Waals surface area contributed by atoms with Crippen LogP contribution in [0.25, 0.3) is 0 Å². The van der Waals surface area contributed by atoms with Gasteiger partial charge in [-0.15, -0.1) is 12.4 Å². The van der Waals surface area contributed by atoms with E-state index in [1.807, 2.05) is 0 Å². The summed E-state index contributed by atoms with van der Waals surface area (Å²) in [6.07, 6.45) is -5.60. The molecule has 1 unspecified atom stereocenters. The average Bonchev–Trinajstić information content (AvgIpc) is 2.86. The standard InChI is InChI=1S/C15H16F5N3O2.ClH/c1-23(13(25)15(18,19)20)7-9-3-2-4-10(5-9)22-12(24)11-6-14(16,17)8-21-11;/h2-5,11,21H,6-8H2,1H3,(H,22,24);1H. The molecule has 0 bridgehead atoms. The van der Waals surface area contributed by atoms with Crippen LogP contribution >= 0.6 is 12.4 Å². The molecule has 0 aliphatic carbocycles. The van der Waals surface area contributed by atoms with Gasteiger partial charge in [-0.05, 0) is 17.7 Å². The second kappa shape index (κ2) is 8.17. The molecule has 0 saturated carbocycles. The Labute approximate surface area is 152 Å². The Morgan fingerprint density at radius 3 is 2.54 bits per heavy atom. The molecule has 1 aliphatic rings. The lowest BCUT2D eigenvalue weighted by molar-refractivity contribution is -0.184. The Balaban J connectivity index is 0.00000338. The Kier molecular flexibility index (Phi) is 6.95. The number of nitrogens with one attached hydrogen (secondary N) is 2. The minimum Gasteiger partial charge on any atom is -0.334 e. The van der Waals surface area contributed by atoms with Crippen molar-refractivity contribution in [3.63, 3.8) is 0 Å². The van der Waals surface area contributed by atoms with Crippen LogP contribution in [0.5, 0.6) is 0 Å². The molecule has 1 saturated heterocycles. The van der Waals surface area contributed by atoms with Gasteiger partial charge in [0.15, 0.2) is 0 Å². The fourth-order valence-corrected chi connectivity index (χ4v) is 2.44. The summed E-state index contributed by atoms with van der Waals surface area (Å²) in [6, 6.07) is 4.77. The number of nitrogens with zero attached hydrogens (tertiary/aromatic N) is 1. The molecule has 2 amide bonds. The Bertz CT molecular complexity index is 669. The molecule has 26 heavy (non-hydrogen) atoms. The molecule has 146 valence electrons. The van der Waals surface area contributed by atoms with Gasteiger partial charge in [-0.3, -0.25) is 14.9 Å². The first kappa shape index (κ1) is 22.1. The minimum absolute atomic E-state index is 0. The number of anilines is 1. The quantitative estimate of drug-likeness (QED) is 0.762. The lowest BCUT2D eigenvalue weighted by Gasteiger charge is -2.19. The number of hydrogen-bond donors (Lipinski definition) is 2. The van der Waals surface area contributed by atoms with Gasteiger partial charge in [0.2, 0.25) is 5.91 Å². The molecular formula is C15H17ClF5N3O2. The molecular weight excluding hydrogens is 385 g/mol. The smallest absolute Gasteiger partial charge is 0.334 e. The van der Waals surface area contributed by atoms with Crippen molar-refractivity contribution in [2.45, 2.75) is 31.1 Å². The molecule has 1 aromatic carbocycles. The topological polar surface area (TPSA) is 61.4 Å². The van der Waals surface area contributed by atoms with E-state index in [0.29, 0.717) is 10.5 Å². The van der Waals surface area contributed by atoms with Gasteiger partial charge in [-0.1, -0.05) is 12.1 Å². The van der Waals surface area contributed by atoms with Gasteiger partial charge >= 0.3 is 12.1 Å². The van der Waals surface area contributed by atoms with Crippen molar-refractivity contribution in [3.8, 4) is 0 Å². The zero-order valence-electron chi connectivity index (χ0n) is 13.6. The van der Waals surface area contributed by atoms with E-state index >= 15 is 0 Å². The molecule has 1 heterocycles. The first-order valence-corrected chi connectivity index (χ1v) is 7.31. The van der Waals surface area contributed by atoms with Crippen LogP contribution in [0.2, 0.25) is 0 Å². The number of halogens is 6. The fourth-order valence-electron chi connectivity index (χ4n) is 2.44. The van der Waals surface area contributed by atoms with Crippen molar-refractivity contribution in [2.75, 3.05) is 18.9 Å². The summed E-state index contributed by atoms with van der Waals surface area (Å²) >= 11 is 0. The third-order valence-electron chi connectivity index (χ3n) is 3.63. The number of amides is 2. The molecule has 0 aromatic heterocycles. The van der Waals surface area contributed by atoms with E-state index in [2.05, 4.69) is 10.6 Å². The van der Waals surface area contributed by atoms with Crippen LogP contribution < -0.4 is 10.6 Å². The van der Waals surface area contributed by atoms with E-state index in [0.717, 1.165) is 7.05 Å². The van der Waals surface area contributed by atoms with Crippen molar-refractivity contribution in [1.82, 2.24) is 10.2 Å². The molecule has 1 fully saturated rings. The van der Waals surface area contributed by atoms with Gasteiger partial charge in [0, 0.05) is 25.7 Å². The van der Waals surface area contributed by atoms with Gasteiger partial charge < -0.3 is 10.2 Å². The second-order valence-electron chi connectivity index (χ2n) is 5.84. The zero-order valence-corrected chi connectivity index (χ0v) is 14.4. The first-order valence-electron chi connectivity index (χ1n) is 7.31. The molecule has 1 atom stereocenters. The Morgan fingerprint density at radius 2 is 2.00 bits per heavy atom. The van der Waals surface area contributed by atoms with E-state index in [1.54, 1.807) is 0 Å². The summed E-state index contributed by atoms with van der Waals surface area (Å²) in [5.74, 6) is -5.60. The van der Waals surface area contributed by atoms with Gasteiger partial charge in [0.05, 0.1) is 12.6 Å². The van der Waals surface area contributed by atoms with Gasteiger partial charge in [-0.2, -0.15) is 13.2 Å². The maximum atomic E-state index is 13.1. The highest BCUT2D eigenvalue weighted by atomic mass is 35.5. The number of rotatable bonds is 4. The van der Waals surface area contributed by atoms with Crippen molar-refractivity contribution in [2.24, 2.45) is 0 Å². The maximum Gasteiger partial charge on any atom is 0.471 e. The Hall–Kier alpha value is -1.94. The molecule has 2 rings (SSSR count). The normalized spacial score (nSPS) is 18.8. The summed E-state index contributed by atoms with van der Waals surface area (Å²) < 4.78 is 63.3. The number of carbonyl (C=O) groups is 2. The average molecular weight is 402 g/mol. The number of benzene rings is 1. The third kappa shape index (κ3) is 5.80. The predicted octanol–water partition coefficient (Wildman–Crippen LogP) is 2.56. The molecule has 5 nitrogen and oxygen atoms in total. The molecule has 2 N–H and O–H groups in total. The summed E-state index contributed by atoms with van der Waals surface area (Å²) in [7, 11) is 1.01. The lowest BCUT2D eigenvalue weighted by atomic mass is 10.1. The van der Waals surface area contributed by atoms with Crippen LogP contribution in [0.3, 0.4) is 0 Å². The molecule has 11 heteroatoms. The summed E-state index contributed by atoms with van der Waals surface area (Å²) in [6.45, 7) is -0.905. The lowest BCUT2D eigenvalue weighted by Crippen LogP contribution is -2.38. The molecule has 0 radical (unpaired) electrons. The predicted molar refractivity (Wildman–Crippen MR) is 86.2 cm³/mol. The fraction of sp³-hybridized carbons (Fsp3) is 0.467. The van der Waals surface area contributed by atoms with Gasteiger partial charge in [-0.25, -0.2) is 8.78 Å². The number of hydrogen-bond acceptors (Lipinski definition) is 3. The van der Waals surface area contributed by atoms with Crippen LogP contribution in [-0.2, 0) is 16.1 Å². The third-order valence-corrected chi connectivity index (χ3v) is 3.63. The first-order chi connectivity index (χ1) is 11.5. The summed E-state index contributed by atoms with van der Waals surface area (Å²) in [5, 5.41) is 4.84. The molecule has 1 aliphatic heterocycles. The zero-order chi connectivity index (χ0) is 18.8. The Morgan fingerprint density at radius 1 is 1.35 bits per heavy atom. The summed E-state index contributed by atoms with van der Waals surface area (Å²) in [4.78, 5) is 23.6. The van der Waals surface area contributed by atoms with Crippen molar-refractivity contribution in [1.29, 1.82) is 0 Å². The van der Waals surface area contributed by atoms with Crippen molar-refractivity contribution in [3.05, 3.63) is 29.8 Å². The van der Waals surface area contributed by atoms with Crippen LogP contribution in [0.4, 0.5) is 27.6 Å². The van der Waals surface area contributed by atoms with E-state index in [-0.39, 0.29) is 24.6 Å². The molecule has 0 spiro atoms. The van der Waals surface area contributed by atoms with Gasteiger partial charge in [0.1, 0.15) is 0 Å². The van der Waals surface area contributed by atoms with Crippen LogP contribution in [-0.4, -0.2) is 48.4 Å². The highest BCUT2D eigenvalue weighted by molar-refractivity contribution is 5.95. The van der Waals surface area contributed by atoms with E-state index in [1.165, 1.54) is 24.3 Å². The summed E-state index contributed by atoms with van der Waals surface area (Å²) in [5.41, 5.74) is 0.593. The molecule has 1 aromatic rings. The minimum atomic E-state index is -4.97. The van der Waals surface area contributed by atoms with Crippen LogP contribution in [0.15, 0.2) is 24.3 Å². The highest BCUT2D eigenvalue weighted by Crippen LogP contribution is 2.26. The maximum absolute atomic E-state index is 13.1. The number of carbonyl (C=O) groups excluding carboxylic acids is 2. The largest absolute Gasteiger partial charge is 0.471 e. The monoisotopic (exact) mass is 401 g/mol. The van der Waals surface area contributed by atoms with E-state index in [9.17, 15) is 31.5 Å². The SMILES string of the molecule is CN(Cc1cccc(NC(=O)C2CC(F)(F)CN2)c1)C(=O)C(F)(F)F.Cl. The van der Waals surface area contributed by atoms with Crippen molar-refractivity contribution >= 4 is 29.9 Å². The van der Waals surface area contributed by atoms with Gasteiger partial charge in [0.25, 0.3) is 5.92 Å². The van der Waals surface area contributed by atoms with E-state index in [4.69, 9.17) is 0 Å². The number of alkyl halides is 5. The van der Waals surface area contributed by atoms with E-state index < -0.39 is 42.9 Å².